The Hall–Kier alpha value is -1.91. The van der Waals surface area contributed by atoms with Crippen molar-refractivity contribution in [3.05, 3.63) is 23.9 Å². The fourth-order valence-electron chi connectivity index (χ4n) is 1.91. The van der Waals surface area contributed by atoms with Crippen molar-refractivity contribution in [3.8, 4) is 0 Å². The minimum Gasteiger partial charge on any atom is -0.354 e. The molecule has 1 aliphatic rings. The predicted molar refractivity (Wildman–Crippen MR) is 64.1 cm³/mol. The number of carbonyl (C=O) groups is 2. The lowest BCUT2D eigenvalue weighted by atomic mass is 10.1. The molecular formula is C12H15N3O2. The van der Waals surface area contributed by atoms with Gasteiger partial charge in [-0.3, -0.25) is 9.59 Å². The maximum Gasteiger partial charge on any atom is 0.239 e. The molecular weight excluding hydrogens is 218 g/mol. The molecule has 17 heavy (non-hydrogen) atoms. The minimum absolute atomic E-state index is 0.0253. The Labute approximate surface area is 99.8 Å². The highest BCUT2D eigenvalue weighted by molar-refractivity contribution is 5.99. The van der Waals surface area contributed by atoms with Crippen LogP contribution >= 0.6 is 0 Å². The lowest BCUT2D eigenvalue weighted by molar-refractivity contribution is -0.119. The van der Waals surface area contributed by atoms with E-state index < -0.39 is 0 Å². The number of rotatable bonds is 2. The first kappa shape index (κ1) is 11.6. The zero-order valence-electron chi connectivity index (χ0n) is 9.77. The molecule has 1 aliphatic heterocycles. The Morgan fingerprint density at radius 1 is 1.53 bits per heavy atom. The van der Waals surface area contributed by atoms with Gasteiger partial charge in [-0.1, -0.05) is 0 Å². The first-order valence-corrected chi connectivity index (χ1v) is 5.66. The fourth-order valence-corrected chi connectivity index (χ4v) is 1.91. The van der Waals surface area contributed by atoms with E-state index in [9.17, 15) is 9.59 Å². The van der Waals surface area contributed by atoms with Gasteiger partial charge < -0.3 is 10.2 Å². The monoisotopic (exact) mass is 233 g/mol. The van der Waals surface area contributed by atoms with Gasteiger partial charge >= 0.3 is 0 Å². The zero-order chi connectivity index (χ0) is 12.3. The molecule has 0 bridgehead atoms. The van der Waals surface area contributed by atoms with E-state index in [2.05, 4.69) is 10.3 Å². The summed E-state index contributed by atoms with van der Waals surface area (Å²) >= 11 is 0. The maximum absolute atomic E-state index is 11.5. The summed E-state index contributed by atoms with van der Waals surface area (Å²) in [5.41, 5.74) is 0.571. The third kappa shape index (κ3) is 2.61. The highest BCUT2D eigenvalue weighted by atomic mass is 16.2. The zero-order valence-corrected chi connectivity index (χ0v) is 9.77. The number of ketones is 1. The van der Waals surface area contributed by atoms with Crippen molar-refractivity contribution < 1.29 is 9.59 Å². The summed E-state index contributed by atoms with van der Waals surface area (Å²) in [5, 5.41) is 2.80. The minimum atomic E-state index is -0.0299. The number of aromatic nitrogens is 1. The van der Waals surface area contributed by atoms with Crippen molar-refractivity contribution >= 4 is 17.5 Å². The molecule has 90 valence electrons. The molecule has 1 fully saturated rings. The van der Waals surface area contributed by atoms with Crippen LogP contribution in [0.2, 0.25) is 0 Å². The Balaban J connectivity index is 2.31. The van der Waals surface area contributed by atoms with Gasteiger partial charge in [-0.2, -0.15) is 0 Å². The molecule has 1 saturated heterocycles. The molecule has 1 N–H and O–H groups in total. The molecule has 1 amide bonds. The molecule has 5 heteroatoms. The summed E-state index contributed by atoms with van der Waals surface area (Å²) in [6.07, 6.45) is 2.50. The molecule has 0 aliphatic carbocycles. The third-order valence-corrected chi connectivity index (χ3v) is 2.73. The number of carbonyl (C=O) groups excluding carboxylic acids is 2. The molecule has 0 radical (unpaired) electrons. The van der Waals surface area contributed by atoms with E-state index in [1.807, 2.05) is 4.90 Å². The van der Waals surface area contributed by atoms with Gasteiger partial charge in [0.1, 0.15) is 5.82 Å². The maximum atomic E-state index is 11.5. The van der Waals surface area contributed by atoms with Crippen LogP contribution in [-0.2, 0) is 4.79 Å². The van der Waals surface area contributed by atoms with Gasteiger partial charge in [0, 0.05) is 19.3 Å². The molecule has 0 atom stereocenters. The molecule has 0 spiro atoms. The summed E-state index contributed by atoms with van der Waals surface area (Å²) in [5.74, 6) is 0.553. The van der Waals surface area contributed by atoms with Gasteiger partial charge in [-0.25, -0.2) is 4.98 Å². The SMILES string of the molecule is CC(=O)c1cccnc1N1CCCNC(=O)C1. The second-order valence-electron chi connectivity index (χ2n) is 4.06. The first-order valence-electron chi connectivity index (χ1n) is 5.66. The van der Waals surface area contributed by atoms with Gasteiger partial charge in [-0.05, 0) is 25.5 Å². The number of hydrogen-bond donors (Lipinski definition) is 1. The quantitative estimate of drug-likeness (QED) is 0.760. The van der Waals surface area contributed by atoms with E-state index in [0.717, 1.165) is 13.0 Å². The number of pyridine rings is 1. The molecule has 1 aromatic rings. The van der Waals surface area contributed by atoms with Crippen molar-refractivity contribution in [2.75, 3.05) is 24.5 Å². The first-order chi connectivity index (χ1) is 8.18. The molecule has 5 nitrogen and oxygen atoms in total. The van der Waals surface area contributed by atoms with Crippen LogP contribution in [0.15, 0.2) is 18.3 Å². The van der Waals surface area contributed by atoms with Gasteiger partial charge in [0.25, 0.3) is 0 Å². The van der Waals surface area contributed by atoms with Crippen LogP contribution in [0.4, 0.5) is 5.82 Å². The molecule has 0 unspecified atom stereocenters. The smallest absolute Gasteiger partial charge is 0.239 e. The lowest BCUT2D eigenvalue weighted by Crippen LogP contribution is -2.34. The average molecular weight is 233 g/mol. The summed E-state index contributed by atoms with van der Waals surface area (Å²) in [7, 11) is 0. The predicted octanol–water partition coefficient (Wildman–Crippen LogP) is 0.611. The van der Waals surface area contributed by atoms with Crippen LogP contribution < -0.4 is 10.2 Å². The molecule has 2 rings (SSSR count). The Morgan fingerprint density at radius 2 is 2.35 bits per heavy atom. The van der Waals surface area contributed by atoms with Crippen LogP contribution in [-0.4, -0.2) is 36.3 Å². The highest BCUT2D eigenvalue weighted by Crippen LogP contribution is 2.18. The second kappa shape index (κ2) is 4.95. The number of nitrogens with zero attached hydrogens (tertiary/aromatic N) is 2. The number of Topliss-reactive ketones (excluding diaryl/α,β-unsaturated/α-hetero) is 1. The highest BCUT2D eigenvalue weighted by Gasteiger charge is 2.19. The number of amides is 1. The van der Waals surface area contributed by atoms with Gasteiger partial charge in [0.2, 0.25) is 5.91 Å². The summed E-state index contributed by atoms with van der Waals surface area (Å²) in [4.78, 5) is 29.1. The normalized spacial score (nSPS) is 16.3. The van der Waals surface area contributed by atoms with Crippen LogP contribution in [0.1, 0.15) is 23.7 Å². The van der Waals surface area contributed by atoms with E-state index in [1.54, 1.807) is 18.3 Å². The molecule has 1 aromatic heterocycles. The van der Waals surface area contributed by atoms with Gasteiger partial charge in [-0.15, -0.1) is 0 Å². The third-order valence-electron chi connectivity index (χ3n) is 2.73. The van der Waals surface area contributed by atoms with Crippen molar-refractivity contribution in [3.63, 3.8) is 0 Å². The van der Waals surface area contributed by atoms with E-state index in [0.29, 0.717) is 17.9 Å². The van der Waals surface area contributed by atoms with Gasteiger partial charge in [0.15, 0.2) is 5.78 Å². The van der Waals surface area contributed by atoms with E-state index in [1.165, 1.54) is 6.92 Å². The van der Waals surface area contributed by atoms with Crippen LogP contribution in [0.25, 0.3) is 0 Å². The number of anilines is 1. The summed E-state index contributed by atoms with van der Waals surface area (Å²) < 4.78 is 0. The average Bonchev–Trinajstić information content (AvgIpc) is 2.54. The molecule has 0 aromatic carbocycles. The number of nitrogens with one attached hydrogen (secondary N) is 1. The van der Waals surface area contributed by atoms with Crippen LogP contribution in [0.3, 0.4) is 0 Å². The fraction of sp³-hybridized carbons (Fsp3) is 0.417. The van der Waals surface area contributed by atoms with E-state index in [4.69, 9.17) is 0 Å². The van der Waals surface area contributed by atoms with Gasteiger partial charge in [0.05, 0.1) is 12.1 Å². The molecule has 2 heterocycles. The van der Waals surface area contributed by atoms with E-state index in [-0.39, 0.29) is 18.2 Å². The molecule has 0 saturated carbocycles. The van der Waals surface area contributed by atoms with Crippen LogP contribution in [0.5, 0.6) is 0 Å². The van der Waals surface area contributed by atoms with Crippen molar-refractivity contribution in [1.82, 2.24) is 10.3 Å². The Bertz CT molecular complexity index is 445. The number of hydrogen-bond acceptors (Lipinski definition) is 4. The largest absolute Gasteiger partial charge is 0.354 e. The standard InChI is InChI=1S/C12H15N3O2/c1-9(16)10-4-2-5-14-12(10)15-7-3-6-13-11(17)8-15/h2,4-5H,3,6-8H2,1H3,(H,13,17). The van der Waals surface area contributed by atoms with Crippen molar-refractivity contribution in [1.29, 1.82) is 0 Å². The van der Waals surface area contributed by atoms with E-state index >= 15 is 0 Å². The van der Waals surface area contributed by atoms with Crippen molar-refractivity contribution in [2.45, 2.75) is 13.3 Å². The Morgan fingerprint density at radius 3 is 3.12 bits per heavy atom. The second-order valence-corrected chi connectivity index (χ2v) is 4.06. The summed E-state index contributed by atoms with van der Waals surface area (Å²) in [6, 6.07) is 3.48. The topological polar surface area (TPSA) is 62.3 Å². The van der Waals surface area contributed by atoms with Crippen molar-refractivity contribution in [2.24, 2.45) is 0 Å². The van der Waals surface area contributed by atoms with Crippen LogP contribution in [0, 0.1) is 0 Å². The lowest BCUT2D eigenvalue weighted by Gasteiger charge is -2.21. The summed E-state index contributed by atoms with van der Waals surface area (Å²) in [6.45, 7) is 3.18. The Kier molecular flexibility index (Phi) is 3.37.